The predicted molar refractivity (Wildman–Crippen MR) is 83.5 cm³/mol. The zero-order valence-electron chi connectivity index (χ0n) is 12.9. The van der Waals surface area contributed by atoms with E-state index in [-0.39, 0.29) is 11.5 Å². The van der Waals surface area contributed by atoms with E-state index in [4.69, 9.17) is 4.52 Å². The van der Waals surface area contributed by atoms with Gasteiger partial charge in [0.1, 0.15) is 5.56 Å². The van der Waals surface area contributed by atoms with Crippen molar-refractivity contribution in [3.05, 3.63) is 81.5 Å². The van der Waals surface area contributed by atoms with Gasteiger partial charge in [0.2, 0.25) is 5.78 Å². The molecule has 132 valence electrons. The van der Waals surface area contributed by atoms with Crippen LogP contribution in [0, 0.1) is 10.1 Å². The number of halogens is 3. The topological polar surface area (TPSA) is 86.2 Å². The van der Waals surface area contributed by atoms with Crippen molar-refractivity contribution in [3.8, 4) is 11.3 Å². The number of carbonyl (C=O) groups excluding carboxylic acids is 1. The first kappa shape index (κ1) is 17.3. The third-order valence-electron chi connectivity index (χ3n) is 3.57. The van der Waals surface area contributed by atoms with Crippen LogP contribution in [0.3, 0.4) is 0 Å². The van der Waals surface area contributed by atoms with Crippen molar-refractivity contribution in [3.63, 3.8) is 0 Å². The van der Waals surface area contributed by atoms with Gasteiger partial charge in [0.25, 0.3) is 5.69 Å². The van der Waals surface area contributed by atoms with E-state index in [1.807, 2.05) is 0 Å². The third kappa shape index (κ3) is 3.32. The summed E-state index contributed by atoms with van der Waals surface area (Å²) in [6.07, 6.45) is -4.76. The van der Waals surface area contributed by atoms with E-state index in [1.165, 1.54) is 6.07 Å². The van der Waals surface area contributed by atoms with E-state index in [9.17, 15) is 28.1 Å². The number of nitro groups is 1. The van der Waals surface area contributed by atoms with Crippen molar-refractivity contribution in [1.29, 1.82) is 0 Å². The lowest BCUT2D eigenvalue weighted by Gasteiger charge is -2.07. The lowest BCUT2D eigenvalue weighted by molar-refractivity contribution is -0.385. The largest absolute Gasteiger partial charge is 0.416 e. The third-order valence-corrected chi connectivity index (χ3v) is 3.57. The van der Waals surface area contributed by atoms with Crippen LogP contribution >= 0.6 is 0 Å². The molecular formula is C17H9F3N2O4. The highest BCUT2D eigenvalue weighted by molar-refractivity contribution is 6.10. The van der Waals surface area contributed by atoms with Crippen LogP contribution in [-0.2, 0) is 6.18 Å². The molecule has 0 amide bonds. The maximum absolute atomic E-state index is 12.7. The van der Waals surface area contributed by atoms with Gasteiger partial charge in [-0.1, -0.05) is 35.5 Å². The van der Waals surface area contributed by atoms with Crippen LogP contribution in [-0.4, -0.2) is 15.9 Å². The molecule has 0 atom stereocenters. The lowest BCUT2D eigenvalue weighted by atomic mass is 10.0. The minimum atomic E-state index is -4.76. The SMILES string of the molecule is O=C(c1cc(-c2ccccc2)on1)c1ccc(C(F)(F)F)cc1[N+](=O)[O-]. The Balaban J connectivity index is 2.00. The Bertz CT molecular complexity index is 981. The highest BCUT2D eigenvalue weighted by Crippen LogP contribution is 2.34. The molecule has 0 N–H and O–H groups in total. The molecule has 6 nitrogen and oxygen atoms in total. The van der Waals surface area contributed by atoms with Gasteiger partial charge < -0.3 is 4.52 Å². The molecule has 0 bridgehead atoms. The Morgan fingerprint density at radius 1 is 1.08 bits per heavy atom. The van der Waals surface area contributed by atoms with Gasteiger partial charge in [0, 0.05) is 17.7 Å². The van der Waals surface area contributed by atoms with Crippen LogP contribution < -0.4 is 0 Å². The van der Waals surface area contributed by atoms with E-state index in [0.717, 1.165) is 6.07 Å². The average Bonchev–Trinajstić information content (AvgIpc) is 3.10. The van der Waals surface area contributed by atoms with Gasteiger partial charge in [0.05, 0.1) is 10.5 Å². The number of hydrogen-bond acceptors (Lipinski definition) is 5. The molecule has 0 aliphatic heterocycles. The van der Waals surface area contributed by atoms with Crippen molar-refractivity contribution in [1.82, 2.24) is 5.16 Å². The Labute approximate surface area is 144 Å². The maximum atomic E-state index is 12.7. The van der Waals surface area contributed by atoms with Gasteiger partial charge in [-0.3, -0.25) is 14.9 Å². The fraction of sp³-hybridized carbons (Fsp3) is 0.0588. The first-order valence-corrected chi connectivity index (χ1v) is 7.20. The van der Waals surface area contributed by atoms with E-state index >= 15 is 0 Å². The Morgan fingerprint density at radius 3 is 2.38 bits per heavy atom. The van der Waals surface area contributed by atoms with Gasteiger partial charge in [-0.05, 0) is 12.1 Å². The molecule has 0 aliphatic carbocycles. The summed E-state index contributed by atoms with van der Waals surface area (Å²) in [7, 11) is 0. The smallest absolute Gasteiger partial charge is 0.356 e. The molecule has 1 heterocycles. The van der Waals surface area contributed by atoms with Crippen LogP contribution in [0.4, 0.5) is 18.9 Å². The highest BCUT2D eigenvalue weighted by atomic mass is 19.4. The number of carbonyl (C=O) groups is 1. The van der Waals surface area contributed by atoms with Crippen molar-refractivity contribution < 1.29 is 27.4 Å². The Hall–Kier alpha value is -3.49. The summed E-state index contributed by atoms with van der Waals surface area (Å²) < 4.78 is 43.3. The number of ketones is 1. The molecule has 0 unspecified atom stereocenters. The van der Waals surface area contributed by atoms with Crippen LogP contribution in [0.2, 0.25) is 0 Å². The molecule has 2 aromatic carbocycles. The van der Waals surface area contributed by atoms with Crippen molar-refractivity contribution in [2.45, 2.75) is 6.18 Å². The van der Waals surface area contributed by atoms with Gasteiger partial charge in [-0.2, -0.15) is 13.2 Å². The molecule has 1 aromatic heterocycles. The predicted octanol–water partition coefficient (Wildman–Crippen LogP) is 4.50. The minimum Gasteiger partial charge on any atom is -0.356 e. The molecule has 3 aromatic rings. The summed E-state index contributed by atoms with van der Waals surface area (Å²) in [6, 6.07) is 11.6. The fourth-order valence-electron chi connectivity index (χ4n) is 2.31. The Morgan fingerprint density at radius 2 is 1.77 bits per heavy atom. The number of hydrogen-bond donors (Lipinski definition) is 0. The summed E-state index contributed by atoms with van der Waals surface area (Å²) in [5.41, 5.74) is -2.29. The molecule has 9 heteroatoms. The summed E-state index contributed by atoms with van der Waals surface area (Å²) >= 11 is 0. The fourth-order valence-corrected chi connectivity index (χ4v) is 2.31. The maximum Gasteiger partial charge on any atom is 0.416 e. The van der Waals surface area contributed by atoms with Gasteiger partial charge >= 0.3 is 6.18 Å². The molecule has 3 rings (SSSR count). The standard InChI is InChI=1S/C17H9F3N2O4/c18-17(19,20)11-6-7-12(14(8-11)22(24)25)16(23)13-9-15(26-21-13)10-4-2-1-3-5-10/h1-9H. The quantitative estimate of drug-likeness (QED) is 0.387. The molecule has 26 heavy (non-hydrogen) atoms. The minimum absolute atomic E-state index is 0.244. The second-order valence-electron chi connectivity index (χ2n) is 5.26. The monoisotopic (exact) mass is 362 g/mol. The number of benzene rings is 2. The van der Waals surface area contributed by atoms with Crippen LogP contribution in [0.25, 0.3) is 11.3 Å². The van der Waals surface area contributed by atoms with Crippen molar-refractivity contribution in [2.75, 3.05) is 0 Å². The van der Waals surface area contributed by atoms with Crippen molar-refractivity contribution in [2.24, 2.45) is 0 Å². The number of nitro benzene ring substituents is 1. The number of rotatable bonds is 4. The van der Waals surface area contributed by atoms with Crippen LogP contribution in [0.15, 0.2) is 59.1 Å². The Kier molecular flexibility index (Phi) is 4.29. The average molecular weight is 362 g/mol. The zero-order valence-corrected chi connectivity index (χ0v) is 12.9. The van der Waals surface area contributed by atoms with E-state index in [2.05, 4.69) is 5.16 Å². The summed E-state index contributed by atoms with van der Waals surface area (Å²) in [4.78, 5) is 22.5. The molecular weight excluding hydrogens is 353 g/mol. The molecule has 0 aliphatic rings. The van der Waals surface area contributed by atoms with E-state index in [0.29, 0.717) is 17.7 Å². The lowest BCUT2D eigenvalue weighted by Crippen LogP contribution is -2.10. The summed E-state index contributed by atoms with van der Waals surface area (Å²) in [5.74, 6) is -0.653. The second-order valence-corrected chi connectivity index (χ2v) is 5.26. The first-order valence-electron chi connectivity index (χ1n) is 7.20. The van der Waals surface area contributed by atoms with Crippen molar-refractivity contribution >= 4 is 11.5 Å². The summed E-state index contributed by atoms with van der Waals surface area (Å²) in [5, 5.41) is 14.7. The molecule has 0 saturated carbocycles. The zero-order chi connectivity index (χ0) is 18.9. The van der Waals surface area contributed by atoms with Crippen LogP contribution in [0.5, 0.6) is 0 Å². The van der Waals surface area contributed by atoms with E-state index < -0.39 is 33.7 Å². The molecule has 0 spiro atoms. The molecule has 0 radical (unpaired) electrons. The number of aromatic nitrogens is 1. The number of nitrogens with zero attached hydrogens (tertiary/aromatic N) is 2. The van der Waals surface area contributed by atoms with E-state index in [1.54, 1.807) is 30.3 Å². The number of alkyl halides is 3. The molecule has 0 fully saturated rings. The van der Waals surface area contributed by atoms with Gasteiger partial charge in [0.15, 0.2) is 11.5 Å². The van der Waals surface area contributed by atoms with Gasteiger partial charge in [-0.25, -0.2) is 0 Å². The van der Waals surface area contributed by atoms with Crippen LogP contribution in [0.1, 0.15) is 21.6 Å². The second kappa shape index (κ2) is 6.43. The normalized spacial score (nSPS) is 11.3. The molecule has 0 saturated heterocycles. The summed E-state index contributed by atoms with van der Waals surface area (Å²) in [6.45, 7) is 0. The first-order chi connectivity index (χ1) is 12.3. The van der Waals surface area contributed by atoms with Gasteiger partial charge in [-0.15, -0.1) is 0 Å². The highest BCUT2D eigenvalue weighted by Gasteiger charge is 2.34.